The molecule has 0 bridgehead atoms. The van der Waals surface area contributed by atoms with Gasteiger partial charge in [-0.2, -0.15) is 0 Å². The predicted octanol–water partition coefficient (Wildman–Crippen LogP) is 2.93. The molecule has 9 heteroatoms. The summed E-state index contributed by atoms with van der Waals surface area (Å²) in [5.41, 5.74) is 1.54. The number of aryl methyl sites for hydroxylation is 1. The van der Waals surface area contributed by atoms with Crippen LogP contribution in [0.1, 0.15) is 57.9 Å². The maximum Gasteiger partial charge on any atom is 0.242 e. The molecule has 2 aliphatic rings. The molecule has 2 aliphatic heterocycles. The first-order valence-corrected chi connectivity index (χ1v) is 13.4. The average molecular weight is 513 g/mol. The number of H-pyrrole nitrogens is 1. The number of carbonyl (C=O) groups is 3. The molecule has 2 atom stereocenters. The fourth-order valence-electron chi connectivity index (χ4n) is 5.42. The van der Waals surface area contributed by atoms with Gasteiger partial charge in [0.15, 0.2) is 0 Å². The molecule has 0 aliphatic carbocycles. The van der Waals surface area contributed by atoms with E-state index in [0.29, 0.717) is 52.0 Å². The Morgan fingerprint density at radius 2 is 1.92 bits per heavy atom. The van der Waals surface area contributed by atoms with Gasteiger partial charge in [0.2, 0.25) is 17.7 Å². The minimum Gasteiger partial charge on any atom is -0.497 e. The van der Waals surface area contributed by atoms with Gasteiger partial charge < -0.3 is 30.0 Å². The molecule has 1 aromatic carbocycles. The number of hydrogen-bond donors (Lipinski definition) is 3. The zero-order valence-corrected chi connectivity index (χ0v) is 22.2. The molecule has 3 N–H and O–H groups in total. The summed E-state index contributed by atoms with van der Waals surface area (Å²) in [6.07, 6.45) is 6.67. The van der Waals surface area contributed by atoms with E-state index in [1.54, 1.807) is 14.0 Å². The number of nitrogens with one attached hydrogen (secondary N) is 3. The van der Waals surface area contributed by atoms with Crippen LogP contribution in [-0.2, 0) is 25.5 Å². The molecule has 202 valence electrons. The van der Waals surface area contributed by atoms with E-state index >= 15 is 0 Å². The van der Waals surface area contributed by atoms with Gasteiger partial charge in [-0.3, -0.25) is 14.4 Å². The van der Waals surface area contributed by atoms with Gasteiger partial charge in [-0.15, -0.1) is 0 Å². The third-order valence-corrected chi connectivity index (χ3v) is 7.83. The van der Waals surface area contributed by atoms with Gasteiger partial charge in [-0.05, 0) is 69.7 Å². The van der Waals surface area contributed by atoms with E-state index in [0.717, 1.165) is 41.5 Å². The molecule has 2 saturated heterocycles. The highest BCUT2D eigenvalue weighted by molar-refractivity contribution is 5.90. The second-order valence-corrected chi connectivity index (χ2v) is 10.5. The minimum absolute atomic E-state index is 0.0807. The van der Waals surface area contributed by atoms with Crippen molar-refractivity contribution >= 4 is 28.6 Å². The number of hydrogen-bond acceptors (Lipinski definition) is 5. The Hall–Kier alpha value is -3.07. The lowest BCUT2D eigenvalue weighted by atomic mass is 9.73. The lowest BCUT2D eigenvalue weighted by molar-refractivity contribution is -0.142. The van der Waals surface area contributed by atoms with Crippen LogP contribution in [0.4, 0.5) is 0 Å². The zero-order chi connectivity index (χ0) is 26.4. The summed E-state index contributed by atoms with van der Waals surface area (Å²) in [4.78, 5) is 44.2. The number of piperidine rings is 1. The van der Waals surface area contributed by atoms with Crippen LogP contribution in [0.2, 0.25) is 0 Å². The molecule has 1 aromatic heterocycles. The Labute approximate surface area is 218 Å². The molecular formula is C28H40N4O5. The second-order valence-electron chi connectivity index (χ2n) is 10.5. The van der Waals surface area contributed by atoms with Crippen molar-refractivity contribution in [3.8, 4) is 5.75 Å². The third kappa shape index (κ3) is 6.44. The summed E-state index contributed by atoms with van der Waals surface area (Å²) in [6, 6.07) is 5.16. The number of rotatable bonds is 4. The molecule has 3 heterocycles. The monoisotopic (exact) mass is 512 g/mol. The molecule has 2 fully saturated rings. The summed E-state index contributed by atoms with van der Waals surface area (Å²) < 4.78 is 11.1. The Kier molecular flexibility index (Phi) is 8.74. The number of amides is 3. The number of carbonyl (C=O) groups excluding carboxylic acids is 3. The molecular weight excluding hydrogens is 472 g/mol. The average Bonchev–Trinajstić information content (AvgIpc) is 3.31. The molecule has 9 nitrogen and oxygen atoms in total. The molecule has 0 radical (unpaired) electrons. The number of aromatic nitrogens is 1. The van der Waals surface area contributed by atoms with Crippen molar-refractivity contribution in [3.05, 3.63) is 30.0 Å². The van der Waals surface area contributed by atoms with Crippen molar-refractivity contribution in [3.63, 3.8) is 0 Å². The van der Waals surface area contributed by atoms with Crippen molar-refractivity contribution in [1.29, 1.82) is 0 Å². The van der Waals surface area contributed by atoms with Gasteiger partial charge in [-0.25, -0.2) is 0 Å². The maximum absolute atomic E-state index is 13.4. The van der Waals surface area contributed by atoms with E-state index in [4.69, 9.17) is 9.47 Å². The molecule has 3 amide bonds. The number of methoxy groups -OCH3 is 1. The molecule has 37 heavy (non-hydrogen) atoms. The van der Waals surface area contributed by atoms with Gasteiger partial charge in [0.05, 0.1) is 19.1 Å². The molecule has 2 aromatic rings. The van der Waals surface area contributed by atoms with Crippen LogP contribution in [0.15, 0.2) is 24.4 Å². The van der Waals surface area contributed by atoms with Crippen LogP contribution in [0, 0.1) is 5.41 Å². The lowest BCUT2D eigenvalue weighted by Crippen LogP contribution is -2.55. The fraction of sp³-hybridized carbons (Fsp3) is 0.607. The molecule has 0 unspecified atom stereocenters. The van der Waals surface area contributed by atoms with E-state index in [-0.39, 0.29) is 23.8 Å². The SMILES string of the molecule is COc1ccc2[nH]cc(CCC(=O)N3CCC4(CCCCOC[C@H](C)NC(=O)[C@H](C)NC4=O)CC3)c2c1. The Morgan fingerprint density at radius 1 is 1.14 bits per heavy atom. The standard InChI is InChI=1S/C28H40N4O5/c1-19-18-37-15-5-4-10-28(27(35)31-20(2)26(34)30-19)11-13-32(14-12-28)25(33)9-6-21-17-29-24-8-7-22(36-3)16-23(21)24/h7-8,16-17,19-20,29H,4-6,9-15,18H2,1-3H3,(H,30,34)(H,31,35)/t19-,20-/m0/s1. The Morgan fingerprint density at radius 3 is 2.68 bits per heavy atom. The Balaban J connectivity index is 1.37. The smallest absolute Gasteiger partial charge is 0.242 e. The third-order valence-electron chi connectivity index (χ3n) is 7.83. The van der Waals surface area contributed by atoms with E-state index in [9.17, 15) is 14.4 Å². The van der Waals surface area contributed by atoms with Crippen LogP contribution in [0.3, 0.4) is 0 Å². The summed E-state index contributed by atoms with van der Waals surface area (Å²) >= 11 is 0. The predicted molar refractivity (Wildman–Crippen MR) is 141 cm³/mol. The van der Waals surface area contributed by atoms with Crippen LogP contribution >= 0.6 is 0 Å². The second kappa shape index (κ2) is 12.0. The van der Waals surface area contributed by atoms with Gasteiger partial charge in [0.25, 0.3) is 0 Å². The number of fused-ring (bicyclic) bond motifs is 1. The minimum atomic E-state index is -0.623. The van der Waals surface area contributed by atoms with E-state index < -0.39 is 11.5 Å². The number of aromatic amines is 1. The maximum atomic E-state index is 13.4. The van der Waals surface area contributed by atoms with Gasteiger partial charge >= 0.3 is 0 Å². The largest absolute Gasteiger partial charge is 0.497 e. The van der Waals surface area contributed by atoms with Gasteiger partial charge in [-0.1, -0.05) is 6.42 Å². The molecule has 0 saturated carbocycles. The Bertz CT molecular complexity index is 1110. The first kappa shape index (κ1) is 27.0. The van der Waals surface area contributed by atoms with Crippen LogP contribution in [-0.4, -0.2) is 73.1 Å². The van der Waals surface area contributed by atoms with Crippen molar-refractivity contribution in [2.45, 2.75) is 70.9 Å². The summed E-state index contributed by atoms with van der Waals surface area (Å²) in [5.74, 6) is 0.608. The summed E-state index contributed by atoms with van der Waals surface area (Å²) in [7, 11) is 1.65. The first-order valence-electron chi connectivity index (χ1n) is 13.4. The first-order chi connectivity index (χ1) is 17.8. The highest BCUT2D eigenvalue weighted by Gasteiger charge is 2.42. The highest BCUT2D eigenvalue weighted by atomic mass is 16.5. The van der Waals surface area contributed by atoms with E-state index in [1.165, 1.54) is 0 Å². The van der Waals surface area contributed by atoms with Crippen molar-refractivity contribution < 1.29 is 23.9 Å². The lowest BCUT2D eigenvalue weighted by Gasteiger charge is -2.41. The number of nitrogens with zero attached hydrogens (tertiary/aromatic N) is 1. The normalized spacial score (nSPS) is 23.5. The van der Waals surface area contributed by atoms with Crippen molar-refractivity contribution in [2.24, 2.45) is 5.41 Å². The topological polar surface area (TPSA) is 113 Å². The quantitative estimate of drug-likeness (QED) is 0.583. The molecule has 4 rings (SSSR count). The highest BCUT2D eigenvalue weighted by Crippen LogP contribution is 2.37. The van der Waals surface area contributed by atoms with Crippen LogP contribution < -0.4 is 15.4 Å². The number of ether oxygens (including phenoxy) is 2. The van der Waals surface area contributed by atoms with Crippen LogP contribution in [0.5, 0.6) is 5.75 Å². The summed E-state index contributed by atoms with van der Waals surface area (Å²) in [6.45, 7) is 5.77. The zero-order valence-electron chi connectivity index (χ0n) is 22.2. The van der Waals surface area contributed by atoms with E-state index in [2.05, 4.69) is 15.6 Å². The van der Waals surface area contributed by atoms with Crippen LogP contribution in [0.25, 0.3) is 10.9 Å². The fourth-order valence-corrected chi connectivity index (χ4v) is 5.42. The number of benzene rings is 1. The van der Waals surface area contributed by atoms with Crippen molar-refractivity contribution in [1.82, 2.24) is 20.5 Å². The summed E-state index contributed by atoms with van der Waals surface area (Å²) in [5, 5.41) is 6.93. The van der Waals surface area contributed by atoms with Gasteiger partial charge in [0, 0.05) is 49.3 Å². The molecule has 1 spiro atoms. The van der Waals surface area contributed by atoms with E-state index in [1.807, 2.05) is 36.2 Å². The van der Waals surface area contributed by atoms with Crippen molar-refractivity contribution in [2.75, 3.05) is 33.4 Å². The van der Waals surface area contributed by atoms with Gasteiger partial charge in [0.1, 0.15) is 11.8 Å². The number of likely N-dealkylation sites (tertiary alicyclic amines) is 1.